The summed E-state index contributed by atoms with van der Waals surface area (Å²) < 4.78 is 16.0. The molecular formula is C23H28N2O5. The Hall–Kier alpha value is -3.22. The molecule has 0 saturated carbocycles. The van der Waals surface area contributed by atoms with Crippen molar-refractivity contribution in [3.8, 4) is 17.2 Å². The number of methoxy groups -OCH3 is 2. The smallest absolute Gasteiger partial charge is 0.258 e. The first-order valence-corrected chi connectivity index (χ1v) is 10.0. The molecule has 1 saturated heterocycles. The number of ether oxygens (including phenoxy) is 3. The minimum absolute atomic E-state index is 0.0114. The van der Waals surface area contributed by atoms with Crippen LogP contribution in [0.3, 0.4) is 0 Å². The van der Waals surface area contributed by atoms with E-state index in [-0.39, 0.29) is 24.5 Å². The Balaban J connectivity index is 1.42. The molecule has 7 heteroatoms. The highest BCUT2D eigenvalue weighted by atomic mass is 16.5. The van der Waals surface area contributed by atoms with Gasteiger partial charge in [0.1, 0.15) is 5.75 Å². The van der Waals surface area contributed by atoms with Crippen LogP contribution in [0.2, 0.25) is 0 Å². The molecule has 0 unspecified atom stereocenters. The van der Waals surface area contributed by atoms with E-state index < -0.39 is 0 Å². The second-order valence-electron chi connectivity index (χ2n) is 7.19. The molecule has 7 nitrogen and oxygen atoms in total. The predicted octanol–water partition coefficient (Wildman–Crippen LogP) is 2.43. The van der Waals surface area contributed by atoms with Crippen LogP contribution >= 0.6 is 0 Å². The summed E-state index contributed by atoms with van der Waals surface area (Å²) in [5.74, 6) is 1.85. The molecule has 0 aromatic heterocycles. The maximum Gasteiger partial charge on any atom is 0.258 e. The average Bonchev–Trinajstić information content (AvgIpc) is 2.78. The number of rotatable bonds is 8. The van der Waals surface area contributed by atoms with Gasteiger partial charge in [0, 0.05) is 19.1 Å². The Labute approximate surface area is 176 Å². The Kier molecular flexibility index (Phi) is 7.54. The minimum Gasteiger partial charge on any atom is -0.493 e. The zero-order valence-electron chi connectivity index (χ0n) is 17.4. The van der Waals surface area contributed by atoms with Gasteiger partial charge in [-0.15, -0.1) is 0 Å². The summed E-state index contributed by atoms with van der Waals surface area (Å²) in [7, 11) is 3.16. The van der Waals surface area contributed by atoms with Crippen LogP contribution in [0, 0.1) is 0 Å². The van der Waals surface area contributed by atoms with Gasteiger partial charge >= 0.3 is 0 Å². The van der Waals surface area contributed by atoms with Crippen LogP contribution in [0.4, 0.5) is 0 Å². The summed E-state index contributed by atoms with van der Waals surface area (Å²) in [4.78, 5) is 26.6. The lowest BCUT2D eigenvalue weighted by Gasteiger charge is -2.32. The van der Waals surface area contributed by atoms with Gasteiger partial charge in [-0.2, -0.15) is 0 Å². The van der Waals surface area contributed by atoms with Gasteiger partial charge in [0.05, 0.1) is 20.6 Å². The molecule has 1 N–H and O–H groups in total. The van der Waals surface area contributed by atoms with E-state index in [4.69, 9.17) is 14.2 Å². The molecule has 1 fully saturated rings. The first kappa shape index (κ1) is 21.5. The van der Waals surface area contributed by atoms with E-state index in [9.17, 15) is 9.59 Å². The van der Waals surface area contributed by atoms with Gasteiger partial charge in [0.15, 0.2) is 18.1 Å². The standard InChI is InChI=1S/C23H28N2O5/c1-28-20-9-8-17(14-21(20)29-2)15-23(27)25-12-10-18(11-13-25)24-22(26)16-30-19-6-4-3-5-7-19/h3-9,14,18H,10-13,15-16H2,1-2H3,(H,24,26). The van der Waals surface area contributed by atoms with E-state index in [1.165, 1.54) is 0 Å². The second kappa shape index (κ2) is 10.5. The Morgan fingerprint density at radius 3 is 2.37 bits per heavy atom. The van der Waals surface area contributed by atoms with Gasteiger partial charge in [-0.25, -0.2) is 0 Å². The number of nitrogens with one attached hydrogen (secondary N) is 1. The van der Waals surface area contributed by atoms with Gasteiger partial charge < -0.3 is 24.4 Å². The number of hydrogen-bond acceptors (Lipinski definition) is 5. The average molecular weight is 412 g/mol. The Morgan fingerprint density at radius 1 is 1.00 bits per heavy atom. The van der Waals surface area contributed by atoms with Crippen molar-refractivity contribution >= 4 is 11.8 Å². The highest BCUT2D eigenvalue weighted by Gasteiger charge is 2.24. The van der Waals surface area contributed by atoms with Crippen LogP contribution in [-0.4, -0.2) is 56.7 Å². The van der Waals surface area contributed by atoms with Crippen LogP contribution < -0.4 is 19.5 Å². The molecule has 0 bridgehead atoms. The third-order valence-corrected chi connectivity index (χ3v) is 5.13. The van der Waals surface area contributed by atoms with Crippen LogP contribution in [0.25, 0.3) is 0 Å². The van der Waals surface area contributed by atoms with Crippen molar-refractivity contribution in [1.29, 1.82) is 0 Å². The van der Waals surface area contributed by atoms with Crippen molar-refractivity contribution in [1.82, 2.24) is 10.2 Å². The second-order valence-corrected chi connectivity index (χ2v) is 7.19. The van der Waals surface area contributed by atoms with Gasteiger partial charge in [-0.1, -0.05) is 24.3 Å². The predicted molar refractivity (Wildman–Crippen MR) is 113 cm³/mol. The fourth-order valence-corrected chi connectivity index (χ4v) is 3.49. The van der Waals surface area contributed by atoms with E-state index in [0.29, 0.717) is 36.8 Å². The summed E-state index contributed by atoms with van der Waals surface area (Å²) in [6, 6.07) is 14.8. The minimum atomic E-state index is -0.144. The first-order valence-electron chi connectivity index (χ1n) is 10.0. The van der Waals surface area contributed by atoms with Crippen molar-refractivity contribution < 1.29 is 23.8 Å². The summed E-state index contributed by atoms with van der Waals surface area (Å²) in [6.45, 7) is 1.23. The lowest BCUT2D eigenvalue weighted by atomic mass is 10.0. The van der Waals surface area contributed by atoms with E-state index >= 15 is 0 Å². The Bertz CT molecular complexity index is 848. The molecule has 30 heavy (non-hydrogen) atoms. The van der Waals surface area contributed by atoms with Crippen molar-refractivity contribution in [2.75, 3.05) is 33.9 Å². The fraction of sp³-hybridized carbons (Fsp3) is 0.391. The zero-order valence-corrected chi connectivity index (χ0v) is 17.4. The maximum absolute atomic E-state index is 12.7. The molecule has 1 heterocycles. The topological polar surface area (TPSA) is 77.1 Å². The molecule has 2 aromatic carbocycles. The molecule has 0 aliphatic carbocycles. The van der Waals surface area contributed by atoms with E-state index in [1.807, 2.05) is 47.4 Å². The van der Waals surface area contributed by atoms with Crippen molar-refractivity contribution in [2.24, 2.45) is 0 Å². The summed E-state index contributed by atoms with van der Waals surface area (Å²) in [6.07, 6.45) is 1.77. The van der Waals surface area contributed by atoms with E-state index in [2.05, 4.69) is 5.32 Å². The number of benzene rings is 2. The Morgan fingerprint density at radius 2 is 1.70 bits per heavy atom. The van der Waals surface area contributed by atoms with Gasteiger partial charge in [0.25, 0.3) is 5.91 Å². The summed E-state index contributed by atoms with van der Waals surface area (Å²) >= 11 is 0. The van der Waals surface area contributed by atoms with Gasteiger partial charge in [-0.05, 0) is 42.7 Å². The number of carbonyl (C=O) groups is 2. The van der Waals surface area contributed by atoms with Crippen LogP contribution in [0.5, 0.6) is 17.2 Å². The quantitative estimate of drug-likeness (QED) is 0.721. The van der Waals surface area contributed by atoms with Crippen molar-refractivity contribution in [2.45, 2.75) is 25.3 Å². The maximum atomic E-state index is 12.7. The number of likely N-dealkylation sites (tertiary alicyclic amines) is 1. The van der Waals surface area contributed by atoms with Crippen molar-refractivity contribution in [3.63, 3.8) is 0 Å². The number of para-hydroxylation sites is 1. The van der Waals surface area contributed by atoms with Crippen LogP contribution in [0.1, 0.15) is 18.4 Å². The number of nitrogens with zero attached hydrogens (tertiary/aromatic N) is 1. The first-order chi connectivity index (χ1) is 14.6. The number of carbonyl (C=O) groups excluding carboxylic acids is 2. The molecule has 160 valence electrons. The normalized spacial score (nSPS) is 14.1. The summed E-state index contributed by atoms with van der Waals surface area (Å²) in [5.41, 5.74) is 0.881. The molecule has 2 amide bonds. The third-order valence-electron chi connectivity index (χ3n) is 5.13. The van der Waals surface area contributed by atoms with Crippen LogP contribution in [0.15, 0.2) is 48.5 Å². The monoisotopic (exact) mass is 412 g/mol. The number of piperidine rings is 1. The van der Waals surface area contributed by atoms with E-state index in [1.54, 1.807) is 20.3 Å². The van der Waals surface area contributed by atoms with Gasteiger partial charge in [0.2, 0.25) is 5.91 Å². The third kappa shape index (κ3) is 5.89. The number of hydrogen-bond donors (Lipinski definition) is 1. The molecule has 0 radical (unpaired) electrons. The lowest BCUT2D eigenvalue weighted by molar-refractivity contribution is -0.131. The lowest BCUT2D eigenvalue weighted by Crippen LogP contribution is -2.47. The molecule has 1 aliphatic heterocycles. The summed E-state index contributed by atoms with van der Waals surface area (Å²) in [5, 5.41) is 2.99. The molecule has 0 atom stereocenters. The van der Waals surface area contributed by atoms with Crippen molar-refractivity contribution in [3.05, 3.63) is 54.1 Å². The SMILES string of the molecule is COc1ccc(CC(=O)N2CCC(NC(=O)COc3ccccc3)CC2)cc1OC. The molecular weight excluding hydrogens is 384 g/mol. The molecule has 0 spiro atoms. The van der Waals surface area contributed by atoms with Gasteiger partial charge in [-0.3, -0.25) is 9.59 Å². The zero-order chi connectivity index (χ0) is 21.3. The highest BCUT2D eigenvalue weighted by molar-refractivity contribution is 5.79. The highest BCUT2D eigenvalue weighted by Crippen LogP contribution is 2.28. The van der Waals surface area contributed by atoms with Crippen LogP contribution in [-0.2, 0) is 16.0 Å². The fourth-order valence-electron chi connectivity index (χ4n) is 3.49. The molecule has 2 aromatic rings. The molecule has 1 aliphatic rings. The number of amides is 2. The van der Waals surface area contributed by atoms with E-state index in [0.717, 1.165) is 18.4 Å². The largest absolute Gasteiger partial charge is 0.493 e. The molecule has 3 rings (SSSR count).